The van der Waals surface area contributed by atoms with Crippen molar-refractivity contribution in [2.75, 3.05) is 13.1 Å². The number of hydrogen-bond acceptors (Lipinski definition) is 3. The summed E-state index contributed by atoms with van der Waals surface area (Å²) >= 11 is 0. The summed E-state index contributed by atoms with van der Waals surface area (Å²) in [5.74, 6) is -0.449. The number of carbonyl (C=O) groups is 3. The van der Waals surface area contributed by atoms with Crippen molar-refractivity contribution in [2.24, 2.45) is 0 Å². The van der Waals surface area contributed by atoms with Crippen molar-refractivity contribution in [3.05, 3.63) is 35.9 Å². The van der Waals surface area contributed by atoms with Gasteiger partial charge in [-0.1, -0.05) is 30.3 Å². The Hall–Kier alpha value is -2.37. The molecule has 1 aromatic carbocycles. The summed E-state index contributed by atoms with van der Waals surface area (Å²) in [5.41, 5.74) is 0.549. The molecule has 0 radical (unpaired) electrons. The lowest BCUT2D eigenvalue weighted by atomic mass is 9.99. The number of nitrogens with zero attached hydrogens (tertiary/aromatic N) is 1. The van der Waals surface area contributed by atoms with Crippen LogP contribution in [0.15, 0.2) is 30.3 Å². The van der Waals surface area contributed by atoms with Gasteiger partial charge in [-0.05, 0) is 19.3 Å². The molecule has 0 aromatic heterocycles. The van der Waals surface area contributed by atoms with Crippen LogP contribution in [0, 0.1) is 0 Å². The fourth-order valence-electron chi connectivity index (χ4n) is 2.66. The lowest BCUT2D eigenvalue weighted by Crippen LogP contribution is -2.45. The summed E-state index contributed by atoms with van der Waals surface area (Å²) in [6, 6.07) is 8.45. The zero-order chi connectivity index (χ0) is 15.9. The molecule has 1 unspecified atom stereocenters. The van der Waals surface area contributed by atoms with Gasteiger partial charge in [-0.25, -0.2) is 4.79 Å². The van der Waals surface area contributed by atoms with Crippen molar-refractivity contribution in [2.45, 2.75) is 31.7 Å². The first kappa shape index (κ1) is 16.0. The molecule has 1 aromatic rings. The highest BCUT2D eigenvalue weighted by molar-refractivity contribution is 5.99. The van der Waals surface area contributed by atoms with Crippen molar-refractivity contribution in [1.29, 1.82) is 0 Å². The molecule has 0 saturated carbocycles. The van der Waals surface area contributed by atoms with Crippen LogP contribution in [0.5, 0.6) is 0 Å². The average molecular weight is 304 g/mol. The molecular weight excluding hydrogens is 284 g/mol. The molecule has 6 nitrogen and oxygen atoms in total. The smallest absolute Gasteiger partial charge is 0.407 e. The number of amides is 2. The molecule has 1 atom stereocenters. The van der Waals surface area contributed by atoms with Crippen LogP contribution in [0.4, 0.5) is 4.79 Å². The van der Waals surface area contributed by atoms with Crippen LogP contribution in [0.3, 0.4) is 0 Å². The number of rotatable bonds is 5. The maximum atomic E-state index is 11.9. The zero-order valence-corrected chi connectivity index (χ0v) is 12.3. The second kappa shape index (κ2) is 7.59. The van der Waals surface area contributed by atoms with Crippen LogP contribution in [0.1, 0.15) is 36.0 Å². The van der Waals surface area contributed by atoms with Crippen LogP contribution in [-0.2, 0) is 4.79 Å². The molecule has 0 spiro atoms. The summed E-state index contributed by atoms with van der Waals surface area (Å²) < 4.78 is 0. The molecule has 1 saturated heterocycles. The molecule has 2 rings (SSSR count). The number of hydrogen-bond donors (Lipinski definition) is 2. The SMILES string of the molecule is O=C(CC1CCCCN1C(=O)O)NCC(=O)c1ccccc1. The van der Waals surface area contributed by atoms with Crippen LogP contribution in [0.25, 0.3) is 0 Å². The molecule has 118 valence electrons. The van der Waals surface area contributed by atoms with Gasteiger partial charge in [-0.2, -0.15) is 0 Å². The van der Waals surface area contributed by atoms with Gasteiger partial charge in [0.2, 0.25) is 5.91 Å². The molecule has 1 aliphatic heterocycles. The van der Waals surface area contributed by atoms with E-state index >= 15 is 0 Å². The van der Waals surface area contributed by atoms with Gasteiger partial charge in [-0.3, -0.25) is 9.59 Å². The molecular formula is C16H20N2O4. The van der Waals surface area contributed by atoms with E-state index in [1.165, 1.54) is 4.90 Å². The molecule has 1 heterocycles. The van der Waals surface area contributed by atoms with Crippen LogP contribution in [0.2, 0.25) is 0 Å². The number of nitrogens with one attached hydrogen (secondary N) is 1. The maximum Gasteiger partial charge on any atom is 0.407 e. The van der Waals surface area contributed by atoms with Crippen LogP contribution in [-0.4, -0.2) is 46.9 Å². The number of carbonyl (C=O) groups excluding carboxylic acids is 2. The number of benzene rings is 1. The number of carboxylic acid groups (broad SMARTS) is 1. The van der Waals surface area contributed by atoms with Crippen LogP contribution < -0.4 is 5.32 Å². The third-order valence-electron chi connectivity index (χ3n) is 3.84. The Morgan fingerprint density at radius 2 is 1.91 bits per heavy atom. The predicted molar refractivity (Wildman–Crippen MR) is 80.8 cm³/mol. The molecule has 22 heavy (non-hydrogen) atoms. The second-order valence-corrected chi connectivity index (χ2v) is 5.40. The summed E-state index contributed by atoms with van der Waals surface area (Å²) in [4.78, 5) is 36.3. The van der Waals surface area contributed by atoms with Gasteiger partial charge in [0.05, 0.1) is 6.54 Å². The van der Waals surface area contributed by atoms with Gasteiger partial charge in [0.25, 0.3) is 0 Å². The minimum Gasteiger partial charge on any atom is -0.465 e. The lowest BCUT2D eigenvalue weighted by molar-refractivity contribution is -0.122. The first-order valence-corrected chi connectivity index (χ1v) is 7.42. The zero-order valence-electron chi connectivity index (χ0n) is 12.3. The van der Waals surface area contributed by atoms with Crippen molar-refractivity contribution < 1.29 is 19.5 Å². The molecule has 2 amide bonds. The number of likely N-dealkylation sites (tertiary alicyclic amines) is 1. The predicted octanol–water partition coefficient (Wildman–Crippen LogP) is 1.91. The van der Waals surface area contributed by atoms with E-state index < -0.39 is 6.09 Å². The van der Waals surface area contributed by atoms with E-state index in [-0.39, 0.29) is 30.7 Å². The fourth-order valence-corrected chi connectivity index (χ4v) is 2.66. The highest BCUT2D eigenvalue weighted by Gasteiger charge is 2.28. The first-order valence-electron chi connectivity index (χ1n) is 7.42. The van der Waals surface area contributed by atoms with Crippen molar-refractivity contribution in [3.63, 3.8) is 0 Å². The van der Waals surface area contributed by atoms with E-state index in [9.17, 15) is 14.4 Å². The summed E-state index contributed by atoms with van der Waals surface area (Å²) in [5, 5.41) is 11.7. The summed E-state index contributed by atoms with van der Waals surface area (Å²) in [6.07, 6.45) is 1.56. The largest absolute Gasteiger partial charge is 0.465 e. The van der Waals surface area contributed by atoms with E-state index in [1.807, 2.05) is 6.07 Å². The minimum absolute atomic E-state index is 0.0668. The Labute approximate surface area is 129 Å². The highest BCUT2D eigenvalue weighted by Crippen LogP contribution is 2.19. The maximum absolute atomic E-state index is 11.9. The second-order valence-electron chi connectivity index (χ2n) is 5.40. The molecule has 1 fully saturated rings. The number of ketones is 1. The average Bonchev–Trinajstić information content (AvgIpc) is 2.53. The summed E-state index contributed by atoms with van der Waals surface area (Å²) in [6.45, 7) is 0.402. The molecule has 6 heteroatoms. The molecule has 1 aliphatic rings. The lowest BCUT2D eigenvalue weighted by Gasteiger charge is -2.33. The van der Waals surface area contributed by atoms with Crippen molar-refractivity contribution >= 4 is 17.8 Å². The topological polar surface area (TPSA) is 86.7 Å². The van der Waals surface area contributed by atoms with Gasteiger partial charge in [-0.15, -0.1) is 0 Å². The van der Waals surface area contributed by atoms with Gasteiger partial charge in [0.1, 0.15) is 0 Å². The van der Waals surface area contributed by atoms with E-state index in [2.05, 4.69) is 5.32 Å². The van der Waals surface area contributed by atoms with E-state index in [4.69, 9.17) is 5.11 Å². The molecule has 2 N–H and O–H groups in total. The third kappa shape index (κ3) is 4.31. The highest BCUT2D eigenvalue weighted by atomic mass is 16.4. The Morgan fingerprint density at radius 1 is 1.18 bits per heavy atom. The normalized spacial score (nSPS) is 17.8. The summed E-state index contributed by atoms with van der Waals surface area (Å²) in [7, 11) is 0. The van der Waals surface area contributed by atoms with Crippen molar-refractivity contribution in [1.82, 2.24) is 10.2 Å². The number of Topliss-reactive ketones (excluding diaryl/α,β-unsaturated/α-hetero) is 1. The molecule has 0 bridgehead atoms. The first-order chi connectivity index (χ1) is 10.6. The third-order valence-corrected chi connectivity index (χ3v) is 3.84. The fraction of sp³-hybridized carbons (Fsp3) is 0.438. The van der Waals surface area contributed by atoms with Crippen LogP contribution >= 0.6 is 0 Å². The Bertz CT molecular complexity index is 544. The van der Waals surface area contributed by atoms with Gasteiger partial charge >= 0.3 is 6.09 Å². The van der Waals surface area contributed by atoms with E-state index in [0.29, 0.717) is 18.5 Å². The van der Waals surface area contributed by atoms with E-state index in [0.717, 1.165) is 12.8 Å². The standard InChI is InChI=1S/C16H20N2O4/c19-14(12-6-2-1-3-7-12)11-17-15(20)10-13-8-4-5-9-18(13)16(21)22/h1-3,6-7,13H,4-5,8-11H2,(H,17,20)(H,21,22). The van der Waals surface area contributed by atoms with Crippen molar-refractivity contribution in [3.8, 4) is 0 Å². The Balaban J connectivity index is 1.82. The van der Waals surface area contributed by atoms with Gasteiger partial charge < -0.3 is 15.3 Å². The van der Waals surface area contributed by atoms with Gasteiger partial charge in [0, 0.05) is 24.6 Å². The molecule has 0 aliphatic carbocycles. The quantitative estimate of drug-likeness (QED) is 0.814. The minimum atomic E-state index is -0.988. The van der Waals surface area contributed by atoms with Gasteiger partial charge in [0.15, 0.2) is 5.78 Å². The number of piperidine rings is 1. The monoisotopic (exact) mass is 304 g/mol. The Morgan fingerprint density at radius 3 is 2.59 bits per heavy atom. The Kier molecular flexibility index (Phi) is 5.52. The van der Waals surface area contributed by atoms with E-state index in [1.54, 1.807) is 24.3 Å².